The zero-order valence-corrected chi connectivity index (χ0v) is 21.4. The van der Waals surface area contributed by atoms with Crippen LogP contribution >= 0.6 is 24.0 Å². The molecule has 1 saturated carbocycles. The van der Waals surface area contributed by atoms with Crippen LogP contribution in [0.2, 0.25) is 0 Å². The van der Waals surface area contributed by atoms with Gasteiger partial charge >= 0.3 is 0 Å². The summed E-state index contributed by atoms with van der Waals surface area (Å²) in [5, 5.41) is 13.3. The fourth-order valence-corrected chi connectivity index (χ4v) is 5.30. The maximum atomic E-state index is 12.8. The molecule has 0 radical (unpaired) electrons. The number of nitrogens with one attached hydrogen (secondary N) is 3. The number of imide groups is 1. The molecule has 1 aromatic carbocycles. The highest BCUT2D eigenvalue weighted by atomic mass is 127. The number of rotatable bonds is 8. The van der Waals surface area contributed by atoms with Crippen molar-refractivity contribution in [1.82, 2.24) is 30.7 Å². The van der Waals surface area contributed by atoms with Crippen LogP contribution in [0.3, 0.4) is 0 Å². The number of aromatic nitrogens is 3. The number of benzene rings is 1. The Balaban J connectivity index is 0.00000274. The topological polar surface area (TPSA) is 115 Å². The minimum atomic E-state index is -0.118. The number of likely N-dealkylation sites (tertiary alicyclic amines) is 1. The van der Waals surface area contributed by atoms with E-state index in [2.05, 4.69) is 43.0 Å². The Labute approximate surface area is 215 Å². The number of amides is 2. The van der Waals surface area contributed by atoms with Gasteiger partial charge in [-0.15, -0.1) is 24.0 Å². The van der Waals surface area contributed by atoms with E-state index < -0.39 is 0 Å². The summed E-state index contributed by atoms with van der Waals surface area (Å²) in [7, 11) is 0. The van der Waals surface area contributed by atoms with Crippen molar-refractivity contribution in [3.8, 4) is 11.4 Å². The van der Waals surface area contributed by atoms with Gasteiger partial charge in [0.1, 0.15) is 6.33 Å². The van der Waals surface area contributed by atoms with Gasteiger partial charge in [-0.1, -0.05) is 30.4 Å². The number of fused-ring (bicyclic) bond motifs is 5. The summed E-state index contributed by atoms with van der Waals surface area (Å²) >= 11 is 0. The molecule has 2 aliphatic carbocycles. The number of hydrogen-bond acceptors (Lipinski definition) is 5. The maximum Gasteiger partial charge on any atom is 0.233 e. The molecule has 3 aliphatic rings. The lowest BCUT2D eigenvalue weighted by molar-refractivity contribution is -0.140. The number of aliphatic imine (C=N–C) groups is 1. The van der Waals surface area contributed by atoms with Gasteiger partial charge < -0.3 is 10.6 Å². The molecule has 2 amide bonds. The first-order valence-electron chi connectivity index (χ1n) is 11.7. The van der Waals surface area contributed by atoms with Crippen molar-refractivity contribution in [1.29, 1.82) is 0 Å². The Morgan fingerprint density at radius 2 is 1.94 bits per heavy atom. The molecule has 4 unspecified atom stereocenters. The zero-order chi connectivity index (χ0) is 22.8. The molecule has 2 fully saturated rings. The van der Waals surface area contributed by atoms with Crippen molar-refractivity contribution in [2.45, 2.75) is 26.3 Å². The molecule has 1 aromatic heterocycles. The predicted octanol–water partition coefficient (Wildman–Crippen LogP) is 2.34. The third-order valence-electron chi connectivity index (χ3n) is 6.79. The van der Waals surface area contributed by atoms with Gasteiger partial charge in [0, 0.05) is 25.2 Å². The fourth-order valence-electron chi connectivity index (χ4n) is 5.30. The lowest BCUT2D eigenvalue weighted by Crippen LogP contribution is -2.40. The van der Waals surface area contributed by atoms with E-state index in [9.17, 15) is 9.59 Å². The van der Waals surface area contributed by atoms with Crippen LogP contribution in [0, 0.1) is 23.7 Å². The van der Waals surface area contributed by atoms with Gasteiger partial charge in [0.25, 0.3) is 0 Å². The molecule has 2 heterocycles. The smallest absolute Gasteiger partial charge is 0.233 e. The summed E-state index contributed by atoms with van der Waals surface area (Å²) in [4.78, 5) is 35.9. The Kier molecular flexibility index (Phi) is 7.64. The van der Waals surface area contributed by atoms with Gasteiger partial charge in [0.15, 0.2) is 11.8 Å². The van der Waals surface area contributed by atoms with Crippen LogP contribution in [0.15, 0.2) is 47.7 Å². The third-order valence-corrected chi connectivity index (χ3v) is 6.79. The lowest BCUT2D eigenvalue weighted by Gasteiger charge is -2.18. The highest BCUT2D eigenvalue weighted by Gasteiger charge is 2.58. The molecule has 180 valence electrons. The van der Waals surface area contributed by atoms with Gasteiger partial charge in [-0.2, -0.15) is 5.10 Å². The first-order chi connectivity index (χ1) is 16.2. The summed E-state index contributed by atoms with van der Waals surface area (Å²) < 4.78 is 0. The van der Waals surface area contributed by atoms with Crippen molar-refractivity contribution in [2.75, 3.05) is 19.6 Å². The zero-order valence-electron chi connectivity index (χ0n) is 19.1. The van der Waals surface area contributed by atoms with Crippen molar-refractivity contribution in [2.24, 2.45) is 28.7 Å². The molecule has 3 N–H and O–H groups in total. The van der Waals surface area contributed by atoms with Gasteiger partial charge in [-0.25, -0.2) is 9.98 Å². The van der Waals surface area contributed by atoms with E-state index in [1.165, 1.54) is 11.2 Å². The Hall–Kier alpha value is -2.76. The number of carbonyl (C=O) groups is 2. The van der Waals surface area contributed by atoms with E-state index in [1.807, 2.05) is 31.2 Å². The van der Waals surface area contributed by atoms with Crippen LogP contribution in [0.5, 0.6) is 0 Å². The first kappa shape index (κ1) is 24.4. The number of nitrogens with zero attached hydrogens (tertiary/aromatic N) is 4. The van der Waals surface area contributed by atoms with Crippen molar-refractivity contribution < 1.29 is 9.59 Å². The minimum absolute atomic E-state index is 0. The molecule has 0 spiro atoms. The lowest BCUT2D eigenvalue weighted by atomic mass is 9.85. The molecule has 5 rings (SSSR count). The molecular weight excluding hydrogens is 545 g/mol. The molecule has 1 saturated heterocycles. The number of hydrogen-bond donors (Lipinski definition) is 3. The van der Waals surface area contributed by atoms with Gasteiger partial charge in [-0.3, -0.25) is 19.6 Å². The van der Waals surface area contributed by atoms with Crippen LogP contribution in [-0.4, -0.2) is 57.5 Å². The van der Waals surface area contributed by atoms with Gasteiger partial charge in [0.05, 0.1) is 18.4 Å². The highest BCUT2D eigenvalue weighted by molar-refractivity contribution is 14.0. The molecule has 4 atom stereocenters. The normalized spacial score (nSPS) is 25.0. The largest absolute Gasteiger partial charge is 0.357 e. The number of guanidine groups is 1. The minimum Gasteiger partial charge on any atom is -0.357 e. The average molecular weight is 575 g/mol. The second-order valence-electron chi connectivity index (χ2n) is 8.84. The first-order valence-corrected chi connectivity index (χ1v) is 11.7. The van der Waals surface area contributed by atoms with Gasteiger partial charge in [-0.05, 0) is 43.2 Å². The number of carbonyl (C=O) groups excluding carboxylic acids is 2. The second kappa shape index (κ2) is 10.7. The summed E-state index contributed by atoms with van der Waals surface area (Å²) in [6, 6.07) is 8.02. The van der Waals surface area contributed by atoms with Crippen LogP contribution < -0.4 is 10.6 Å². The SMILES string of the molecule is CCNC(=NCc1cccc(-c2ncn[nH]2)c1)NCCCN1C(=O)C2C3C=CC(C3)C2C1=O.I. The Morgan fingerprint density at radius 1 is 1.18 bits per heavy atom. The highest BCUT2D eigenvalue weighted by Crippen LogP contribution is 2.52. The summed E-state index contributed by atoms with van der Waals surface area (Å²) in [5.74, 6) is 1.76. The van der Waals surface area contributed by atoms with E-state index in [0.29, 0.717) is 32.0 Å². The van der Waals surface area contributed by atoms with Crippen molar-refractivity contribution in [3.05, 3.63) is 48.3 Å². The van der Waals surface area contributed by atoms with E-state index in [0.717, 1.165) is 29.9 Å². The summed E-state index contributed by atoms with van der Waals surface area (Å²) in [6.07, 6.45) is 7.39. The van der Waals surface area contributed by atoms with Crippen molar-refractivity contribution in [3.63, 3.8) is 0 Å². The summed E-state index contributed by atoms with van der Waals surface area (Å²) in [6.45, 7) is 4.35. The summed E-state index contributed by atoms with van der Waals surface area (Å²) in [5.41, 5.74) is 2.02. The van der Waals surface area contributed by atoms with Crippen LogP contribution in [0.25, 0.3) is 11.4 Å². The van der Waals surface area contributed by atoms with Crippen LogP contribution in [-0.2, 0) is 16.1 Å². The Bertz CT molecular complexity index is 1050. The van der Waals surface area contributed by atoms with Crippen molar-refractivity contribution >= 4 is 41.8 Å². The van der Waals surface area contributed by atoms with E-state index >= 15 is 0 Å². The number of allylic oxidation sites excluding steroid dienone is 2. The molecule has 34 heavy (non-hydrogen) atoms. The van der Waals surface area contributed by atoms with E-state index in [-0.39, 0.29) is 59.5 Å². The monoisotopic (exact) mass is 575 g/mol. The second-order valence-corrected chi connectivity index (χ2v) is 8.84. The van der Waals surface area contributed by atoms with Crippen LogP contribution in [0.4, 0.5) is 0 Å². The molecule has 10 heteroatoms. The molecule has 1 aliphatic heterocycles. The van der Waals surface area contributed by atoms with Crippen LogP contribution in [0.1, 0.15) is 25.3 Å². The number of halogens is 1. The third kappa shape index (κ3) is 4.73. The van der Waals surface area contributed by atoms with E-state index in [4.69, 9.17) is 0 Å². The number of aromatic amines is 1. The molecule has 2 bridgehead atoms. The number of H-pyrrole nitrogens is 1. The standard InChI is InChI=1S/C24H29N7O2.HI/c1-2-25-24(27-13-15-5-3-6-18(11-15)21-28-14-29-30-21)26-9-4-10-31-22(32)19-16-7-8-17(12-16)20(19)23(31)33;/h3,5-8,11,14,16-17,19-20H,2,4,9-10,12-13H2,1H3,(H2,25,26,27)(H,28,29,30);1H. The Morgan fingerprint density at radius 3 is 2.62 bits per heavy atom. The molecule has 9 nitrogen and oxygen atoms in total. The fraction of sp³-hybridized carbons (Fsp3) is 0.458. The predicted molar refractivity (Wildman–Crippen MR) is 139 cm³/mol. The maximum absolute atomic E-state index is 12.8. The van der Waals surface area contributed by atoms with E-state index in [1.54, 1.807) is 0 Å². The quantitative estimate of drug-likeness (QED) is 0.111. The molecule has 2 aromatic rings. The van der Waals surface area contributed by atoms with Gasteiger partial charge in [0.2, 0.25) is 11.8 Å². The molecular formula is C24H30IN7O2. The average Bonchev–Trinajstić information content (AvgIpc) is 3.62.